The second-order valence-corrected chi connectivity index (χ2v) is 5.53. The molecule has 1 saturated carbocycles. The van der Waals surface area contributed by atoms with Gasteiger partial charge in [-0.1, -0.05) is 0 Å². The first-order chi connectivity index (χ1) is 8.33. The summed E-state index contributed by atoms with van der Waals surface area (Å²) in [6.07, 6.45) is 3.82. The van der Waals surface area contributed by atoms with Gasteiger partial charge < -0.3 is 9.64 Å². The lowest BCUT2D eigenvalue weighted by molar-refractivity contribution is 0.0479. The molecule has 1 unspecified atom stereocenters. The number of hydrogen-bond acceptors (Lipinski definition) is 4. The highest BCUT2D eigenvalue weighted by molar-refractivity contribution is 7.07. The molecule has 0 bridgehead atoms. The summed E-state index contributed by atoms with van der Waals surface area (Å²) in [5.41, 5.74) is 2.27. The van der Waals surface area contributed by atoms with Gasteiger partial charge in [-0.05, 0) is 25.2 Å². The molecule has 0 N–H and O–H groups in total. The van der Waals surface area contributed by atoms with E-state index in [1.807, 2.05) is 4.90 Å². The zero-order valence-corrected chi connectivity index (χ0v) is 10.5. The molecule has 1 aromatic rings. The van der Waals surface area contributed by atoms with Crippen LogP contribution in [0.1, 0.15) is 29.8 Å². The lowest BCUT2D eigenvalue weighted by atomic mass is 10.3. The molecule has 1 aliphatic heterocycles. The summed E-state index contributed by atoms with van der Waals surface area (Å²) < 4.78 is 5.81. The molecular weight excluding hydrogens is 236 g/mol. The minimum absolute atomic E-state index is 0.0452. The van der Waals surface area contributed by atoms with Crippen molar-refractivity contribution >= 4 is 17.2 Å². The summed E-state index contributed by atoms with van der Waals surface area (Å²) >= 11 is 1.46. The Bertz CT molecular complexity index is 389. The van der Waals surface area contributed by atoms with E-state index >= 15 is 0 Å². The Balaban J connectivity index is 1.50. The van der Waals surface area contributed by atoms with Crippen molar-refractivity contribution in [3.63, 3.8) is 0 Å². The molecule has 2 aliphatic rings. The van der Waals surface area contributed by atoms with E-state index in [2.05, 4.69) is 4.98 Å². The van der Waals surface area contributed by atoms with Gasteiger partial charge >= 0.3 is 0 Å². The third-order valence-electron chi connectivity index (χ3n) is 3.35. The highest BCUT2D eigenvalue weighted by Gasteiger charge is 2.30. The van der Waals surface area contributed by atoms with Crippen LogP contribution in [0.2, 0.25) is 0 Å². The standard InChI is InChI=1S/C12H16N2O2S/c15-12(11-7-17-8-13-11)14-4-3-10(5-14)16-6-9-1-2-9/h7-10H,1-6H2. The summed E-state index contributed by atoms with van der Waals surface area (Å²) in [5.74, 6) is 0.835. The van der Waals surface area contributed by atoms with Gasteiger partial charge in [0.25, 0.3) is 5.91 Å². The normalized spacial score (nSPS) is 24.2. The number of thiazole rings is 1. The lowest BCUT2D eigenvalue weighted by Crippen LogP contribution is -2.30. The maximum atomic E-state index is 12.0. The number of rotatable bonds is 4. The van der Waals surface area contributed by atoms with Crippen LogP contribution >= 0.6 is 11.3 Å². The minimum Gasteiger partial charge on any atom is -0.376 e. The number of carbonyl (C=O) groups excluding carboxylic acids is 1. The molecule has 0 spiro atoms. The smallest absolute Gasteiger partial charge is 0.273 e. The molecule has 1 aliphatic carbocycles. The molecule has 5 heteroatoms. The van der Waals surface area contributed by atoms with Crippen molar-refractivity contribution in [2.75, 3.05) is 19.7 Å². The van der Waals surface area contributed by atoms with Crippen LogP contribution < -0.4 is 0 Å². The number of aromatic nitrogens is 1. The van der Waals surface area contributed by atoms with Gasteiger partial charge in [0.05, 0.1) is 11.6 Å². The van der Waals surface area contributed by atoms with Crippen molar-refractivity contribution in [1.82, 2.24) is 9.88 Å². The van der Waals surface area contributed by atoms with Crippen molar-refractivity contribution in [3.8, 4) is 0 Å². The van der Waals surface area contributed by atoms with E-state index in [0.717, 1.165) is 32.0 Å². The summed E-state index contributed by atoms with van der Waals surface area (Å²) in [7, 11) is 0. The van der Waals surface area contributed by atoms with Crippen molar-refractivity contribution in [1.29, 1.82) is 0 Å². The van der Waals surface area contributed by atoms with Crippen LogP contribution in [0.3, 0.4) is 0 Å². The maximum absolute atomic E-state index is 12.0. The van der Waals surface area contributed by atoms with Crippen LogP contribution in [0.5, 0.6) is 0 Å². The third-order valence-corrected chi connectivity index (χ3v) is 3.93. The second kappa shape index (κ2) is 4.74. The third kappa shape index (κ3) is 2.66. The van der Waals surface area contributed by atoms with E-state index in [-0.39, 0.29) is 12.0 Å². The first kappa shape index (κ1) is 11.2. The van der Waals surface area contributed by atoms with Crippen LogP contribution in [-0.2, 0) is 4.74 Å². The summed E-state index contributed by atoms with van der Waals surface area (Å²) in [4.78, 5) is 17.9. The molecule has 3 rings (SSSR count). The maximum Gasteiger partial charge on any atom is 0.273 e. The molecule has 92 valence electrons. The molecule has 1 saturated heterocycles. The average Bonchev–Trinajstić information content (AvgIpc) is 2.86. The lowest BCUT2D eigenvalue weighted by Gasteiger charge is -2.15. The van der Waals surface area contributed by atoms with Gasteiger partial charge in [0.2, 0.25) is 0 Å². The predicted molar refractivity (Wildman–Crippen MR) is 65.1 cm³/mol. The Morgan fingerprint density at radius 1 is 1.53 bits per heavy atom. The zero-order valence-electron chi connectivity index (χ0n) is 9.67. The fourth-order valence-electron chi connectivity index (χ4n) is 2.09. The molecule has 1 atom stereocenters. The Labute approximate surface area is 105 Å². The Morgan fingerprint density at radius 3 is 3.12 bits per heavy atom. The van der Waals surface area contributed by atoms with Gasteiger partial charge in [0.15, 0.2) is 0 Å². The predicted octanol–water partition coefficient (Wildman–Crippen LogP) is 1.78. The van der Waals surface area contributed by atoms with Crippen molar-refractivity contribution in [2.24, 2.45) is 5.92 Å². The average molecular weight is 252 g/mol. The van der Waals surface area contributed by atoms with Crippen LogP contribution in [0.15, 0.2) is 10.9 Å². The van der Waals surface area contributed by atoms with E-state index in [4.69, 9.17) is 4.74 Å². The molecule has 17 heavy (non-hydrogen) atoms. The van der Waals surface area contributed by atoms with E-state index in [9.17, 15) is 4.79 Å². The van der Waals surface area contributed by atoms with Gasteiger partial charge in [0.1, 0.15) is 5.69 Å². The first-order valence-electron chi connectivity index (χ1n) is 6.12. The van der Waals surface area contributed by atoms with E-state index in [1.54, 1.807) is 10.9 Å². The number of amides is 1. The molecular formula is C12H16N2O2S. The van der Waals surface area contributed by atoms with E-state index < -0.39 is 0 Å². The zero-order chi connectivity index (χ0) is 11.7. The second-order valence-electron chi connectivity index (χ2n) is 4.81. The summed E-state index contributed by atoms with van der Waals surface area (Å²) in [6.45, 7) is 2.40. The molecule has 2 heterocycles. The highest BCUT2D eigenvalue weighted by atomic mass is 32.1. The van der Waals surface area contributed by atoms with E-state index in [1.165, 1.54) is 24.2 Å². The Morgan fingerprint density at radius 2 is 2.41 bits per heavy atom. The molecule has 1 aromatic heterocycles. The number of ether oxygens (including phenoxy) is 1. The summed E-state index contributed by atoms with van der Waals surface area (Å²) in [6, 6.07) is 0. The van der Waals surface area contributed by atoms with Gasteiger partial charge in [-0.3, -0.25) is 4.79 Å². The van der Waals surface area contributed by atoms with Crippen LogP contribution in [0.4, 0.5) is 0 Å². The van der Waals surface area contributed by atoms with Crippen LogP contribution in [0, 0.1) is 5.92 Å². The number of carbonyl (C=O) groups is 1. The van der Waals surface area contributed by atoms with Gasteiger partial charge in [0, 0.05) is 25.1 Å². The molecule has 0 radical (unpaired) electrons. The van der Waals surface area contributed by atoms with Crippen LogP contribution in [0.25, 0.3) is 0 Å². The quantitative estimate of drug-likeness (QED) is 0.820. The highest BCUT2D eigenvalue weighted by Crippen LogP contribution is 2.30. The number of likely N-dealkylation sites (tertiary alicyclic amines) is 1. The molecule has 2 fully saturated rings. The van der Waals surface area contributed by atoms with Crippen molar-refractivity contribution < 1.29 is 9.53 Å². The molecule has 4 nitrogen and oxygen atoms in total. The fourth-order valence-corrected chi connectivity index (χ4v) is 2.61. The SMILES string of the molecule is O=C(c1cscn1)N1CCC(OCC2CC2)C1. The Kier molecular flexibility index (Phi) is 3.11. The van der Waals surface area contributed by atoms with Crippen molar-refractivity contribution in [3.05, 3.63) is 16.6 Å². The Hall–Kier alpha value is -0.940. The van der Waals surface area contributed by atoms with Crippen molar-refractivity contribution in [2.45, 2.75) is 25.4 Å². The minimum atomic E-state index is 0.0452. The van der Waals surface area contributed by atoms with Gasteiger partial charge in [-0.15, -0.1) is 11.3 Å². The molecule has 0 aromatic carbocycles. The fraction of sp³-hybridized carbons (Fsp3) is 0.667. The first-order valence-corrected chi connectivity index (χ1v) is 7.06. The largest absolute Gasteiger partial charge is 0.376 e. The molecule has 1 amide bonds. The van der Waals surface area contributed by atoms with E-state index in [0.29, 0.717) is 5.69 Å². The summed E-state index contributed by atoms with van der Waals surface area (Å²) in [5, 5.41) is 1.81. The van der Waals surface area contributed by atoms with Gasteiger partial charge in [-0.2, -0.15) is 0 Å². The number of hydrogen-bond donors (Lipinski definition) is 0. The number of nitrogens with zero attached hydrogens (tertiary/aromatic N) is 2. The topological polar surface area (TPSA) is 42.4 Å². The monoisotopic (exact) mass is 252 g/mol. The van der Waals surface area contributed by atoms with Gasteiger partial charge in [-0.25, -0.2) is 4.98 Å². The van der Waals surface area contributed by atoms with Crippen LogP contribution in [-0.4, -0.2) is 41.6 Å².